The fourth-order valence-corrected chi connectivity index (χ4v) is 23.6. The Morgan fingerprint density at radius 2 is 0.472 bits per heavy atom. The van der Waals surface area contributed by atoms with Gasteiger partial charge in [-0.3, -0.25) is 0 Å². The van der Waals surface area contributed by atoms with Crippen molar-refractivity contribution in [2.24, 2.45) is 0 Å². The van der Waals surface area contributed by atoms with Crippen LogP contribution in [-0.2, 0) is 28.1 Å². The molecule has 2 aliphatic rings. The molecular weight excluding hydrogens is 1730 g/mol. The van der Waals surface area contributed by atoms with E-state index in [1.165, 1.54) is 33.4 Å². The molecule has 20 aromatic carbocycles. The molecule has 142 heavy (non-hydrogen) atoms. The maximum absolute atomic E-state index is 7.66. The van der Waals surface area contributed by atoms with Crippen LogP contribution >= 0.6 is 0 Å². The second-order valence-electron chi connectivity index (χ2n) is 40.4. The normalized spacial score (nSPS) is 13.1. The van der Waals surface area contributed by atoms with Gasteiger partial charge in [-0.25, -0.2) is 0 Å². The van der Waals surface area contributed by atoms with Gasteiger partial charge in [-0.1, -0.05) is 355 Å². The molecule has 0 aliphatic heterocycles. The predicted molar refractivity (Wildman–Crippen MR) is 590 cm³/mol. The summed E-state index contributed by atoms with van der Waals surface area (Å²) in [7, 11) is 0. The average molecular weight is 1830 g/mol. The average Bonchev–Trinajstić information content (AvgIpc) is 1.50. The third-order valence-corrected chi connectivity index (χ3v) is 30.5. The molecule has 0 fully saturated rings. The van der Waals surface area contributed by atoms with Gasteiger partial charge < -0.3 is 37.3 Å². The summed E-state index contributed by atoms with van der Waals surface area (Å²) in [5.41, 5.74) is 36.7. The van der Waals surface area contributed by atoms with E-state index < -0.39 is 10.8 Å². The van der Waals surface area contributed by atoms with Crippen molar-refractivity contribution in [3.05, 3.63) is 527 Å². The summed E-state index contributed by atoms with van der Waals surface area (Å²) in [6.45, 7) is 18.1. The van der Waals surface area contributed by atoms with E-state index in [2.05, 4.69) is 524 Å². The van der Waals surface area contributed by atoms with Crippen LogP contribution in [0.3, 0.4) is 0 Å². The molecule has 0 saturated heterocycles. The Morgan fingerprint density at radius 3 is 0.796 bits per heavy atom. The molecule has 8 nitrogen and oxygen atoms in total. The molecule has 0 radical (unpaired) electrons. The first-order chi connectivity index (χ1) is 69.5. The SMILES string of the molecule is Cc1ccc(N(c2ccc(CCC(C)(C)c3ccc(N(c4ccccc4)c4cc5c(c6c4oc4ccccc46)-c4c(cc(N(c6ccccc6)c6ccc(C(C)(C)C)cc6)c6c4oc4ccccc46)C5(c4ccccc4)c4ccccc4)cc3)cc2)c2cc3c(c4c2oc2ccccc24)-c2c(cc(N(c4ccc(C)cc4)c4ccc(C)cc4)c4c2oc2ccccc24)C3(c2ccccc2)c2ccccc2)cc1. The van der Waals surface area contributed by atoms with Crippen molar-refractivity contribution in [3.8, 4) is 22.3 Å². The van der Waals surface area contributed by atoms with Crippen LogP contribution < -0.4 is 19.6 Å². The molecule has 0 spiro atoms. The first-order valence-electron chi connectivity index (χ1n) is 49.5. The molecule has 0 bridgehead atoms. The molecule has 0 amide bonds. The van der Waals surface area contributed by atoms with Gasteiger partial charge in [0.05, 0.1) is 44.4 Å². The van der Waals surface area contributed by atoms with Gasteiger partial charge in [0.25, 0.3) is 0 Å². The van der Waals surface area contributed by atoms with E-state index in [0.717, 1.165) is 236 Å². The van der Waals surface area contributed by atoms with E-state index >= 15 is 0 Å². The van der Waals surface area contributed by atoms with Gasteiger partial charge in [0.15, 0.2) is 11.2 Å². The molecular formula is C134H102N4O4. The van der Waals surface area contributed by atoms with Crippen LogP contribution in [0.2, 0.25) is 0 Å². The van der Waals surface area contributed by atoms with Crippen LogP contribution in [-0.4, -0.2) is 0 Å². The zero-order valence-electron chi connectivity index (χ0n) is 80.6. The van der Waals surface area contributed by atoms with Crippen molar-refractivity contribution in [2.75, 3.05) is 19.6 Å². The molecule has 4 aromatic heterocycles. The largest absolute Gasteiger partial charge is 0.455 e. The number of aryl methyl sites for hydroxylation is 4. The fourth-order valence-electron chi connectivity index (χ4n) is 23.6. The number of hydrogen-bond donors (Lipinski definition) is 0. The Morgan fingerprint density at radius 1 is 0.225 bits per heavy atom. The van der Waals surface area contributed by atoms with E-state index in [1.54, 1.807) is 0 Å². The lowest BCUT2D eigenvalue weighted by Gasteiger charge is -2.36. The van der Waals surface area contributed by atoms with Crippen molar-refractivity contribution >= 4 is 156 Å². The standard InChI is InChI=1S/C134H102N4O4/c1-85-55-67-97(68-56-85)136(98-69-57-86(2)58-70-98)112-82-110-126(130-120(112)104-48-28-32-52-116(104)142-130)124-108(134(110,93-39-19-11-20-40-93)94-41-21-12-22-42-94)84-114(128-122(124)106-50-30-34-54-118(106)140-128)138(99-71-59-87(3)60-72-99)100-73-61-88(62-74-100)79-80-132(7,8)90-65-77-102(78-66-90)137(96-45-25-14-26-46-96)113-83-107-123(121-105-49-29-33-53-117(105)139-127(113)121)125-109(133(107,91-35-15-9-16-36-91)92-37-17-10-18-38-92)81-111(119-103-47-27-31-51-115(103)141-129(119)125)135(95-43-23-13-24-44-95)101-75-63-89(64-76-101)131(4,5)6/h9-78,81-84H,79-80H2,1-8H3. The van der Waals surface area contributed by atoms with Crippen molar-refractivity contribution in [1.82, 2.24) is 0 Å². The summed E-state index contributed by atoms with van der Waals surface area (Å²) in [5, 5.41) is 8.21. The van der Waals surface area contributed by atoms with Crippen LogP contribution in [0, 0.1) is 20.8 Å². The Kier molecular flexibility index (Phi) is 20.0. The van der Waals surface area contributed by atoms with Crippen LogP contribution in [0.15, 0.2) is 467 Å². The molecule has 0 saturated carbocycles. The van der Waals surface area contributed by atoms with E-state index in [4.69, 9.17) is 17.7 Å². The number of rotatable bonds is 20. The molecule has 0 unspecified atom stereocenters. The van der Waals surface area contributed by atoms with E-state index in [1.807, 2.05) is 0 Å². The van der Waals surface area contributed by atoms with Crippen molar-refractivity contribution in [2.45, 2.75) is 89.9 Å². The van der Waals surface area contributed by atoms with Gasteiger partial charge in [0.1, 0.15) is 33.5 Å². The highest BCUT2D eigenvalue weighted by Crippen LogP contribution is 2.68. The predicted octanol–water partition coefficient (Wildman–Crippen LogP) is 37.0. The molecule has 2 aliphatic carbocycles. The highest BCUT2D eigenvalue weighted by molar-refractivity contribution is 6.28. The summed E-state index contributed by atoms with van der Waals surface area (Å²) in [5.74, 6) is 0. The molecule has 682 valence electrons. The van der Waals surface area contributed by atoms with Gasteiger partial charge >= 0.3 is 0 Å². The third kappa shape index (κ3) is 13.4. The van der Waals surface area contributed by atoms with Crippen molar-refractivity contribution in [1.29, 1.82) is 0 Å². The Balaban J connectivity index is 0.607. The zero-order chi connectivity index (χ0) is 95.4. The first-order valence-corrected chi connectivity index (χ1v) is 49.5. The third-order valence-electron chi connectivity index (χ3n) is 30.5. The van der Waals surface area contributed by atoms with Gasteiger partial charge in [-0.2, -0.15) is 0 Å². The minimum absolute atomic E-state index is 0.0583. The number of fused-ring (bicyclic) bond motifs is 22. The first kappa shape index (κ1) is 85.2. The number of anilines is 12. The minimum Gasteiger partial charge on any atom is -0.455 e. The Hall–Kier alpha value is -17.2. The van der Waals surface area contributed by atoms with Gasteiger partial charge in [-0.15, -0.1) is 0 Å². The lowest BCUT2D eigenvalue weighted by atomic mass is 9.67. The van der Waals surface area contributed by atoms with Crippen LogP contribution in [0.5, 0.6) is 0 Å². The second-order valence-corrected chi connectivity index (χ2v) is 40.4. The lowest BCUT2D eigenvalue weighted by Crippen LogP contribution is -2.29. The quantitative estimate of drug-likeness (QED) is 0.0748. The summed E-state index contributed by atoms with van der Waals surface area (Å²) < 4.78 is 30.5. The van der Waals surface area contributed by atoms with Gasteiger partial charge in [0.2, 0.25) is 0 Å². The van der Waals surface area contributed by atoms with Crippen molar-refractivity contribution < 1.29 is 17.7 Å². The molecule has 24 aromatic rings. The monoisotopic (exact) mass is 1830 g/mol. The lowest BCUT2D eigenvalue weighted by molar-refractivity contribution is 0.480. The molecule has 8 heteroatoms. The number of hydrogen-bond acceptors (Lipinski definition) is 8. The number of para-hydroxylation sites is 6. The maximum Gasteiger partial charge on any atom is 0.160 e. The molecule has 0 N–H and O–H groups in total. The Labute approximate surface area is 826 Å². The summed E-state index contributed by atoms with van der Waals surface area (Å²) in [4.78, 5) is 9.77. The second kappa shape index (κ2) is 33.3. The van der Waals surface area contributed by atoms with Crippen molar-refractivity contribution in [3.63, 3.8) is 0 Å². The number of nitrogens with zero attached hydrogens (tertiary/aromatic N) is 4. The number of benzene rings is 20. The smallest absolute Gasteiger partial charge is 0.160 e. The molecule has 0 atom stereocenters. The fraction of sp³-hybridized carbons (Fsp3) is 0.104. The van der Waals surface area contributed by atoms with Crippen LogP contribution in [0.25, 0.3) is 110 Å². The Bertz CT molecular complexity index is 8890. The van der Waals surface area contributed by atoms with E-state index in [0.29, 0.717) is 0 Å². The van der Waals surface area contributed by atoms with Gasteiger partial charge in [0, 0.05) is 100 Å². The summed E-state index contributed by atoms with van der Waals surface area (Å²) in [6.07, 6.45) is 1.69. The highest BCUT2D eigenvalue weighted by Gasteiger charge is 2.53. The topological polar surface area (TPSA) is 65.5 Å². The number of furan rings is 4. The molecule has 26 rings (SSSR count). The molecule has 4 heterocycles. The van der Waals surface area contributed by atoms with E-state index in [-0.39, 0.29) is 10.8 Å². The minimum atomic E-state index is -0.948. The highest BCUT2D eigenvalue weighted by atomic mass is 16.3. The summed E-state index contributed by atoms with van der Waals surface area (Å²) in [6, 6.07) is 166. The van der Waals surface area contributed by atoms with Crippen LogP contribution in [0.1, 0.15) is 119 Å². The summed E-state index contributed by atoms with van der Waals surface area (Å²) >= 11 is 0. The van der Waals surface area contributed by atoms with Gasteiger partial charge in [-0.05, 0) is 251 Å². The maximum atomic E-state index is 7.66. The van der Waals surface area contributed by atoms with Crippen LogP contribution in [0.4, 0.5) is 68.2 Å². The van der Waals surface area contributed by atoms with E-state index in [9.17, 15) is 0 Å². The zero-order valence-corrected chi connectivity index (χ0v) is 80.6.